The van der Waals surface area contributed by atoms with Crippen molar-refractivity contribution in [2.75, 3.05) is 26.8 Å². The van der Waals surface area contributed by atoms with E-state index < -0.39 is 0 Å². The molecule has 0 spiro atoms. The maximum atomic E-state index is 12.8. The highest BCUT2D eigenvalue weighted by atomic mass is 19.1. The molecule has 0 aliphatic heterocycles. The molecule has 1 aromatic carbocycles. The van der Waals surface area contributed by atoms with Gasteiger partial charge in [-0.2, -0.15) is 0 Å². The lowest BCUT2D eigenvalue weighted by Gasteiger charge is -2.17. The third kappa shape index (κ3) is 6.12. The fourth-order valence-corrected chi connectivity index (χ4v) is 1.96. The minimum absolute atomic E-state index is 0.181. The van der Waals surface area contributed by atoms with E-state index in [0.29, 0.717) is 11.8 Å². The highest BCUT2D eigenvalue weighted by Gasteiger charge is 2.09. The molecule has 0 bridgehead atoms. The van der Waals surface area contributed by atoms with Gasteiger partial charge in [0.2, 0.25) is 0 Å². The van der Waals surface area contributed by atoms with Crippen molar-refractivity contribution >= 4 is 0 Å². The zero-order valence-electron chi connectivity index (χ0n) is 11.6. The number of methoxy groups -OCH3 is 1. The van der Waals surface area contributed by atoms with Crippen LogP contribution in [0.25, 0.3) is 0 Å². The summed E-state index contributed by atoms with van der Waals surface area (Å²) in [6, 6.07) is 6.72. The summed E-state index contributed by atoms with van der Waals surface area (Å²) in [5.41, 5.74) is 1.16. The summed E-state index contributed by atoms with van der Waals surface area (Å²) in [6.07, 6.45) is 0.916. The Balaban J connectivity index is 2.43. The van der Waals surface area contributed by atoms with Gasteiger partial charge < -0.3 is 10.1 Å². The Morgan fingerprint density at radius 3 is 2.39 bits per heavy atom. The van der Waals surface area contributed by atoms with Gasteiger partial charge in [-0.15, -0.1) is 0 Å². The van der Waals surface area contributed by atoms with Crippen LogP contribution >= 0.6 is 0 Å². The molecule has 3 heteroatoms. The Kier molecular flexibility index (Phi) is 6.91. The second kappa shape index (κ2) is 8.22. The first-order valence-corrected chi connectivity index (χ1v) is 6.56. The van der Waals surface area contributed by atoms with Crippen molar-refractivity contribution in [3.63, 3.8) is 0 Å². The Hall–Kier alpha value is -0.930. The van der Waals surface area contributed by atoms with Crippen LogP contribution in [-0.4, -0.2) is 26.8 Å². The maximum Gasteiger partial charge on any atom is 0.123 e. The summed E-state index contributed by atoms with van der Waals surface area (Å²) in [7, 11) is 1.72. The van der Waals surface area contributed by atoms with Gasteiger partial charge in [0.15, 0.2) is 0 Å². The van der Waals surface area contributed by atoms with E-state index >= 15 is 0 Å². The molecule has 0 saturated carbocycles. The van der Waals surface area contributed by atoms with Crippen LogP contribution in [0.3, 0.4) is 0 Å². The van der Waals surface area contributed by atoms with E-state index in [4.69, 9.17) is 4.74 Å². The van der Waals surface area contributed by atoms with Gasteiger partial charge in [0.25, 0.3) is 0 Å². The molecule has 2 nitrogen and oxygen atoms in total. The fourth-order valence-electron chi connectivity index (χ4n) is 1.96. The summed E-state index contributed by atoms with van der Waals surface area (Å²) in [5, 5.41) is 3.45. The smallest absolute Gasteiger partial charge is 0.123 e. The molecule has 1 N–H and O–H groups in total. The van der Waals surface area contributed by atoms with Crippen LogP contribution in [0, 0.1) is 17.7 Å². The quantitative estimate of drug-likeness (QED) is 0.769. The van der Waals surface area contributed by atoms with Crippen LogP contribution in [0.5, 0.6) is 0 Å². The third-order valence-electron chi connectivity index (χ3n) is 2.83. The van der Waals surface area contributed by atoms with Gasteiger partial charge >= 0.3 is 0 Å². The fraction of sp³-hybridized carbons (Fsp3) is 0.600. The molecular weight excluding hydrogens is 229 g/mol. The second-order valence-electron chi connectivity index (χ2n) is 5.20. The predicted octanol–water partition coefficient (Wildman–Crippen LogP) is 2.88. The Morgan fingerprint density at radius 1 is 1.17 bits per heavy atom. The third-order valence-corrected chi connectivity index (χ3v) is 2.83. The largest absolute Gasteiger partial charge is 0.384 e. The molecular formula is C15H24FNO. The van der Waals surface area contributed by atoms with Gasteiger partial charge in [-0.1, -0.05) is 26.0 Å². The van der Waals surface area contributed by atoms with Crippen LogP contribution in [0.15, 0.2) is 24.3 Å². The van der Waals surface area contributed by atoms with Crippen molar-refractivity contribution < 1.29 is 9.13 Å². The minimum atomic E-state index is -0.181. The molecule has 1 aromatic rings. The maximum absolute atomic E-state index is 12.8. The number of halogens is 1. The molecule has 102 valence electrons. The second-order valence-corrected chi connectivity index (χ2v) is 5.20. The number of hydrogen-bond acceptors (Lipinski definition) is 2. The zero-order chi connectivity index (χ0) is 13.4. The molecule has 0 radical (unpaired) electrons. The van der Waals surface area contributed by atoms with E-state index in [1.54, 1.807) is 7.11 Å². The van der Waals surface area contributed by atoms with Crippen LogP contribution in [-0.2, 0) is 11.2 Å². The topological polar surface area (TPSA) is 21.3 Å². The van der Waals surface area contributed by atoms with E-state index in [1.807, 2.05) is 12.1 Å². The number of nitrogens with one attached hydrogen (secondary N) is 1. The molecule has 0 heterocycles. The lowest BCUT2D eigenvalue weighted by Crippen LogP contribution is -2.30. The van der Waals surface area contributed by atoms with E-state index in [9.17, 15) is 4.39 Å². The molecule has 0 amide bonds. The standard InChI is InChI=1S/C15H24FNO/c1-12(2)9-17-10-14(11-18-3)8-13-4-6-15(16)7-5-13/h4-7,12,14,17H,8-11H2,1-3H3. The van der Waals surface area contributed by atoms with Crippen LogP contribution in [0.1, 0.15) is 19.4 Å². The van der Waals surface area contributed by atoms with E-state index in [-0.39, 0.29) is 5.82 Å². The van der Waals surface area contributed by atoms with E-state index in [0.717, 1.165) is 31.7 Å². The highest BCUT2D eigenvalue weighted by Crippen LogP contribution is 2.10. The monoisotopic (exact) mass is 253 g/mol. The molecule has 18 heavy (non-hydrogen) atoms. The van der Waals surface area contributed by atoms with Crippen LogP contribution in [0.2, 0.25) is 0 Å². The van der Waals surface area contributed by atoms with Crippen LogP contribution in [0.4, 0.5) is 4.39 Å². The number of rotatable bonds is 8. The molecule has 0 aliphatic carbocycles. The first-order chi connectivity index (χ1) is 8.61. The predicted molar refractivity (Wildman–Crippen MR) is 73.2 cm³/mol. The Bertz CT molecular complexity index is 324. The normalized spacial score (nSPS) is 12.9. The molecule has 0 fully saturated rings. The average molecular weight is 253 g/mol. The first kappa shape index (κ1) is 15.1. The minimum Gasteiger partial charge on any atom is -0.384 e. The van der Waals surface area contributed by atoms with Crippen molar-refractivity contribution in [2.45, 2.75) is 20.3 Å². The molecule has 1 atom stereocenters. The van der Waals surface area contributed by atoms with E-state index in [1.165, 1.54) is 12.1 Å². The van der Waals surface area contributed by atoms with E-state index in [2.05, 4.69) is 19.2 Å². The summed E-state index contributed by atoms with van der Waals surface area (Å²) >= 11 is 0. The van der Waals surface area contributed by atoms with Gasteiger partial charge in [0.1, 0.15) is 5.82 Å². The lowest BCUT2D eigenvalue weighted by molar-refractivity contribution is 0.150. The Labute approximate surface area is 110 Å². The first-order valence-electron chi connectivity index (χ1n) is 6.56. The number of ether oxygens (including phenoxy) is 1. The molecule has 0 aliphatic rings. The molecule has 1 unspecified atom stereocenters. The summed E-state index contributed by atoms with van der Waals surface area (Å²) in [5.74, 6) is 0.901. The SMILES string of the molecule is COCC(CNCC(C)C)Cc1ccc(F)cc1. The summed E-state index contributed by atoms with van der Waals surface area (Å²) in [6.45, 7) is 7.06. The number of benzene rings is 1. The lowest BCUT2D eigenvalue weighted by atomic mass is 10.00. The van der Waals surface area contributed by atoms with Crippen molar-refractivity contribution in [1.29, 1.82) is 0 Å². The van der Waals surface area contributed by atoms with Gasteiger partial charge in [0, 0.05) is 13.7 Å². The number of hydrogen-bond donors (Lipinski definition) is 1. The van der Waals surface area contributed by atoms with Gasteiger partial charge in [-0.25, -0.2) is 4.39 Å². The van der Waals surface area contributed by atoms with Gasteiger partial charge in [-0.05, 0) is 42.5 Å². The summed E-state index contributed by atoms with van der Waals surface area (Å²) < 4.78 is 18.1. The zero-order valence-corrected chi connectivity index (χ0v) is 11.6. The highest BCUT2D eigenvalue weighted by molar-refractivity contribution is 5.16. The molecule has 0 aromatic heterocycles. The van der Waals surface area contributed by atoms with Gasteiger partial charge in [0.05, 0.1) is 6.61 Å². The Morgan fingerprint density at radius 2 is 1.83 bits per heavy atom. The van der Waals surface area contributed by atoms with Crippen molar-refractivity contribution in [3.05, 3.63) is 35.6 Å². The van der Waals surface area contributed by atoms with Crippen molar-refractivity contribution in [3.8, 4) is 0 Å². The van der Waals surface area contributed by atoms with Crippen molar-refractivity contribution in [2.24, 2.45) is 11.8 Å². The molecule has 1 rings (SSSR count). The average Bonchev–Trinajstić information content (AvgIpc) is 2.32. The van der Waals surface area contributed by atoms with Crippen molar-refractivity contribution in [1.82, 2.24) is 5.32 Å². The summed E-state index contributed by atoms with van der Waals surface area (Å²) in [4.78, 5) is 0. The van der Waals surface area contributed by atoms with Crippen LogP contribution < -0.4 is 5.32 Å². The van der Waals surface area contributed by atoms with Gasteiger partial charge in [-0.3, -0.25) is 0 Å². The molecule has 0 saturated heterocycles.